The first-order valence-corrected chi connectivity index (χ1v) is 8.15. The number of ether oxygens (including phenoxy) is 2. The third kappa shape index (κ3) is 4.30. The molecule has 22 heavy (non-hydrogen) atoms. The van der Waals surface area contributed by atoms with Crippen molar-refractivity contribution in [2.75, 3.05) is 37.9 Å². The number of carbonyl (C=O) groups excluding carboxylic acids is 2. The van der Waals surface area contributed by atoms with E-state index in [1.54, 1.807) is 30.2 Å². The lowest BCUT2D eigenvalue weighted by Crippen LogP contribution is -2.27. The van der Waals surface area contributed by atoms with Crippen molar-refractivity contribution in [2.45, 2.75) is 13.3 Å². The van der Waals surface area contributed by atoms with Crippen LogP contribution in [-0.4, -0.2) is 48.6 Å². The predicted molar refractivity (Wildman–Crippen MR) is 86.8 cm³/mol. The van der Waals surface area contributed by atoms with E-state index in [0.717, 1.165) is 5.75 Å². The van der Waals surface area contributed by atoms with Crippen LogP contribution in [0, 0.1) is 0 Å². The van der Waals surface area contributed by atoms with Crippen LogP contribution in [-0.2, 0) is 4.79 Å². The minimum atomic E-state index is -0.129. The van der Waals surface area contributed by atoms with E-state index in [-0.39, 0.29) is 17.6 Å². The second-order valence-corrected chi connectivity index (χ2v) is 5.74. The number of nitrogens with zero attached hydrogens (tertiary/aromatic N) is 1. The summed E-state index contributed by atoms with van der Waals surface area (Å²) in [5, 5.41) is 2.86. The molecule has 0 spiro atoms. The first-order chi connectivity index (χ1) is 10.6. The Balaban J connectivity index is 1.89. The molecule has 2 amide bonds. The normalized spacial score (nSPS) is 14.1. The lowest BCUT2D eigenvalue weighted by molar-refractivity contribution is -0.116. The Kier molecular flexibility index (Phi) is 5.94. The van der Waals surface area contributed by atoms with Crippen molar-refractivity contribution in [3.8, 4) is 11.5 Å². The fourth-order valence-electron chi connectivity index (χ4n) is 2.11. The van der Waals surface area contributed by atoms with Gasteiger partial charge in [0.1, 0.15) is 0 Å². The fraction of sp³-hybridized carbons (Fsp3) is 0.467. The largest absolute Gasteiger partial charge is 0.493 e. The molecule has 0 bridgehead atoms. The molecule has 1 heterocycles. The van der Waals surface area contributed by atoms with Gasteiger partial charge in [-0.05, 0) is 19.1 Å². The number of rotatable bonds is 7. The molecule has 0 unspecified atom stereocenters. The number of thioether (sulfide) groups is 1. The third-order valence-electron chi connectivity index (χ3n) is 3.20. The molecular formula is C15H20N2O4S. The molecular weight excluding hydrogens is 304 g/mol. The molecule has 0 atom stereocenters. The van der Waals surface area contributed by atoms with Gasteiger partial charge in [-0.25, -0.2) is 0 Å². The molecule has 2 rings (SSSR count). The monoisotopic (exact) mass is 324 g/mol. The van der Waals surface area contributed by atoms with Crippen molar-refractivity contribution in [3.05, 3.63) is 18.2 Å². The van der Waals surface area contributed by atoms with Crippen LogP contribution in [0.25, 0.3) is 0 Å². The summed E-state index contributed by atoms with van der Waals surface area (Å²) in [5.74, 6) is 1.89. The van der Waals surface area contributed by atoms with Crippen molar-refractivity contribution < 1.29 is 19.1 Å². The number of methoxy groups -OCH3 is 1. The van der Waals surface area contributed by atoms with E-state index in [1.807, 2.05) is 6.92 Å². The molecule has 1 aromatic carbocycles. The summed E-state index contributed by atoms with van der Waals surface area (Å²) in [6.45, 7) is 3.61. The minimum absolute atomic E-state index is 0.0514. The highest BCUT2D eigenvalue weighted by Crippen LogP contribution is 2.30. The van der Waals surface area contributed by atoms with Gasteiger partial charge in [-0.3, -0.25) is 9.59 Å². The van der Waals surface area contributed by atoms with Gasteiger partial charge < -0.3 is 19.7 Å². The number of carbonyl (C=O) groups is 2. The third-order valence-corrected chi connectivity index (χ3v) is 4.09. The van der Waals surface area contributed by atoms with Crippen LogP contribution in [0.15, 0.2) is 18.2 Å². The van der Waals surface area contributed by atoms with Crippen molar-refractivity contribution in [2.24, 2.45) is 0 Å². The average Bonchev–Trinajstić information content (AvgIpc) is 2.92. The molecule has 1 fully saturated rings. The lowest BCUT2D eigenvalue weighted by Gasteiger charge is -2.14. The maximum atomic E-state index is 12.0. The van der Waals surface area contributed by atoms with E-state index < -0.39 is 0 Å². The molecule has 0 aliphatic carbocycles. The summed E-state index contributed by atoms with van der Waals surface area (Å²) in [6, 6.07) is 5.25. The Hall–Kier alpha value is -1.89. The smallest absolute Gasteiger partial charge is 0.281 e. The van der Waals surface area contributed by atoms with Gasteiger partial charge in [0, 0.05) is 37.0 Å². The highest BCUT2D eigenvalue weighted by atomic mass is 32.2. The molecule has 1 saturated heterocycles. The number of benzene rings is 1. The Morgan fingerprint density at radius 3 is 2.86 bits per heavy atom. The summed E-state index contributed by atoms with van der Waals surface area (Å²) in [4.78, 5) is 25.1. The zero-order chi connectivity index (χ0) is 15.9. The van der Waals surface area contributed by atoms with E-state index in [4.69, 9.17) is 9.47 Å². The summed E-state index contributed by atoms with van der Waals surface area (Å²) >= 11 is 1.30. The van der Waals surface area contributed by atoms with Crippen molar-refractivity contribution >= 4 is 28.6 Å². The number of nitrogens with one attached hydrogen (secondary N) is 1. The van der Waals surface area contributed by atoms with E-state index in [0.29, 0.717) is 36.9 Å². The average molecular weight is 324 g/mol. The Morgan fingerprint density at radius 2 is 2.23 bits per heavy atom. The van der Waals surface area contributed by atoms with Crippen molar-refractivity contribution in [1.82, 2.24) is 4.90 Å². The van der Waals surface area contributed by atoms with Crippen LogP contribution in [0.5, 0.6) is 11.5 Å². The van der Waals surface area contributed by atoms with Gasteiger partial charge in [-0.15, -0.1) is 0 Å². The van der Waals surface area contributed by atoms with Crippen LogP contribution in [0.3, 0.4) is 0 Å². The van der Waals surface area contributed by atoms with Crippen LogP contribution >= 0.6 is 11.8 Å². The number of hydrogen-bond donors (Lipinski definition) is 1. The molecule has 1 aliphatic heterocycles. The van der Waals surface area contributed by atoms with Gasteiger partial charge in [-0.1, -0.05) is 11.8 Å². The van der Waals surface area contributed by atoms with E-state index in [2.05, 4.69) is 5.32 Å². The molecule has 0 saturated carbocycles. The van der Waals surface area contributed by atoms with Crippen LogP contribution in [0.1, 0.15) is 13.3 Å². The van der Waals surface area contributed by atoms with Crippen molar-refractivity contribution in [3.63, 3.8) is 0 Å². The SMILES string of the molecule is CCOc1ccc(NC(=O)CCN2CCSC2=O)cc1OC. The molecule has 120 valence electrons. The second kappa shape index (κ2) is 7.93. The molecule has 1 aliphatic rings. The fourth-order valence-corrected chi connectivity index (χ4v) is 2.96. The van der Waals surface area contributed by atoms with Gasteiger partial charge in [-0.2, -0.15) is 0 Å². The molecule has 7 heteroatoms. The standard InChI is InChI=1S/C15H20N2O4S/c1-3-21-12-5-4-11(10-13(12)20-2)16-14(18)6-7-17-8-9-22-15(17)19/h4-5,10H,3,6-9H2,1-2H3,(H,16,18). The zero-order valence-electron chi connectivity index (χ0n) is 12.8. The molecule has 1 N–H and O–H groups in total. The van der Waals surface area contributed by atoms with Gasteiger partial charge in [0.25, 0.3) is 5.24 Å². The molecule has 0 aromatic heterocycles. The van der Waals surface area contributed by atoms with Gasteiger partial charge in [0.15, 0.2) is 11.5 Å². The summed E-state index contributed by atoms with van der Waals surface area (Å²) in [5.41, 5.74) is 0.646. The second-order valence-electron chi connectivity index (χ2n) is 4.70. The quantitative estimate of drug-likeness (QED) is 0.835. The summed E-state index contributed by atoms with van der Waals surface area (Å²) in [7, 11) is 1.56. The number of anilines is 1. The molecule has 6 nitrogen and oxygen atoms in total. The van der Waals surface area contributed by atoms with E-state index in [1.165, 1.54) is 11.8 Å². The zero-order valence-corrected chi connectivity index (χ0v) is 13.6. The first kappa shape index (κ1) is 16.5. The summed E-state index contributed by atoms with van der Waals surface area (Å²) in [6.07, 6.45) is 0.280. The first-order valence-electron chi connectivity index (χ1n) is 7.16. The Bertz CT molecular complexity index is 550. The summed E-state index contributed by atoms with van der Waals surface area (Å²) < 4.78 is 10.7. The Morgan fingerprint density at radius 1 is 1.41 bits per heavy atom. The van der Waals surface area contributed by atoms with Crippen LogP contribution in [0.4, 0.5) is 10.5 Å². The maximum Gasteiger partial charge on any atom is 0.281 e. The highest BCUT2D eigenvalue weighted by molar-refractivity contribution is 8.13. The molecule has 0 radical (unpaired) electrons. The minimum Gasteiger partial charge on any atom is -0.493 e. The maximum absolute atomic E-state index is 12.0. The van der Waals surface area contributed by atoms with E-state index in [9.17, 15) is 9.59 Å². The predicted octanol–water partition coefficient (Wildman–Crippen LogP) is 2.59. The highest BCUT2D eigenvalue weighted by Gasteiger charge is 2.21. The van der Waals surface area contributed by atoms with Gasteiger partial charge >= 0.3 is 0 Å². The van der Waals surface area contributed by atoms with Crippen LogP contribution in [0.2, 0.25) is 0 Å². The van der Waals surface area contributed by atoms with Gasteiger partial charge in [0.05, 0.1) is 13.7 Å². The van der Waals surface area contributed by atoms with Crippen LogP contribution < -0.4 is 14.8 Å². The molecule has 1 aromatic rings. The van der Waals surface area contributed by atoms with E-state index >= 15 is 0 Å². The number of hydrogen-bond acceptors (Lipinski definition) is 5. The lowest BCUT2D eigenvalue weighted by atomic mass is 10.2. The van der Waals surface area contributed by atoms with Gasteiger partial charge in [0.2, 0.25) is 5.91 Å². The topological polar surface area (TPSA) is 67.9 Å². The number of amides is 2. The Labute approximate surface area is 134 Å². The van der Waals surface area contributed by atoms with Crippen molar-refractivity contribution in [1.29, 1.82) is 0 Å².